The van der Waals surface area contributed by atoms with Gasteiger partial charge in [-0.15, -0.1) is 0 Å². The summed E-state index contributed by atoms with van der Waals surface area (Å²) < 4.78 is 0. The maximum Gasteiger partial charge on any atom is 0.147 e. The van der Waals surface area contributed by atoms with Gasteiger partial charge < -0.3 is 5.32 Å². The van der Waals surface area contributed by atoms with E-state index in [4.69, 9.17) is 0 Å². The van der Waals surface area contributed by atoms with Crippen LogP contribution in [0.5, 0.6) is 0 Å². The number of hydrogen-bond acceptors (Lipinski definition) is 3. The van der Waals surface area contributed by atoms with Crippen LogP contribution in [0.3, 0.4) is 0 Å². The summed E-state index contributed by atoms with van der Waals surface area (Å²) in [5, 5.41) is 3.37. The predicted octanol–water partition coefficient (Wildman–Crippen LogP) is 3.87. The zero-order chi connectivity index (χ0) is 12.5. The number of nitrogens with one attached hydrogen (secondary N) is 1. The van der Waals surface area contributed by atoms with Crippen molar-refractivity contribution >= 4 is 5.82 Å². The van der Waals surface area contributed by atoms with Gasteiger partial charge in [0.1, 0.15) is 5.82 Å². The molecule has 0 atom stereocenters. The molecule has 1 aromatic rings. The largest absolute Gasteiger partial charge is 0.369 e. The highest BCUT2D eigenvalue weighted by atomic mass is 15.0. The van der Waals surface area contributed by atoms with Crippen LogP contribution in [-0.4, -0.2) is 16.5 Å². The summed E-state index contributed by atoms with van der Waals surface area (Å²) in [4.78, 5) is 8.74. The van der Waals surface area contributed by atoms with Crippen molar-refractivity contribution in [1.29, 1.82) is 0 Å². The molecule has 1 aromatic heterocycles. The van der Waals surface area contributed by atoms with Crippen LogP contribution in [0.2, 0.25) is 0 Å². The van der Waals surface area contributed by atoms with Gasteiger partial charge in [0.05, 0.1) is 11.4 Å². The van der Waals surface area contributed by atoms with Gasteiger partial charge in [0.2, 0.25) is 0 Å². The molecular weight excluding hydrogens is 210 g/mol. The first-order chi connectivity index (χ1) is 8.24. The highest BCUT2D eigenvalue weighted by molar-refractivity contribution is 5.39. The Hall–Kier alpha value is -1.12. The molecule has 0 saturated carbocycles. The maximum absolute atomic E-state index is 4.45. The van der Waals surface area contributed by atoms with Crippen molar-refractivity contribution in [3.8, 4) is 0 Å². The average molecular weight is 235 g/mol. The molecule has 0 unspecified atom stereocenters. The molecule has 0 spiro atoms. The van der Waals surface area contributed by atoms with E-state index in [1.54, 1.807) is 0 Å². The highest BCUT2D eigenvalue weighted by Gasteiger charge is 2.00. The van der Waals surface area contributed by atoms with E-state index < -0.39 is 0 Å². The zero-order valence-corrected chi connectivity index (χ0v) is 11.4. The van der Waals surface area contributed by atoms with Crippen molar-refractivity contribution in [3.05, 3.63) is 17.6 Å². The Balaban J connectivity index is 2.15. The summed E-state index contributed by atoms with van der Waals surface area (Å²) in [6.07, 6.45) is 9.76. The van der Waals surface area contributed by atoms with Gasteiger partial charge in [-0.05, 0) is 20.3 Å². The first kappa shape index (κ1) is 13.9. The fourth-order valence-corrected chi connectivity index (χ4v) is 1.82. The van der Waals surface area contributed by atoms with E-state index in [1.165, 1.54) is 38.5 Å². The van der Waals surface area contributed by atoms with Crippen LogP contribution < -0.4 is 5.32 Å². The third kappa shape index (κ3) is 5.66. The molecule has 17 heavy (non-hydrogen) atoms. The van der Waals surface area contributed by atoms with Crippen LogP contribution in [0, 0.1) is 13.8 Å². The second-order valence-corrected chi connectivity index (χ2v) is 4.64. The predicted molar refractivity (Wildman–Crippen MR) is 73.4 cm³/mol. The minimum absolute atomic E-state index is 0.943. The third-order valence-electron chi connectivity index (χ3n) is 2.90. The highest BCUT2D eigenvalue weighted by Crippen LogP contribution is 2.09. The van der Waals surface area contributed by atoms with Gasteiger partial charge in [0.15, 0.2) is 0 Å². The summed E-state index contributed by atoms with van der Waals surface area (Å²) in [5.74, 6) is 0.943. The molecule has 1 heterocycles. The summed E-state index contributed by atoms with van der Waals surface area (Å²) >= 11 is 0. The molecular formula is C14H25N3. The maximum atomic E-state index is 4.45. The molecule has 0 aliphatic rings. The van der Waals surface area contributed by atoms with Crippen molar-refractivity contribution in [2.24, 2.45) is 0 Å². The zero-order valence-electron chi connectivity index (χ0n) is 11.4. The van der Waals surface area contributed by atoms with Crippen LogP contribution in [0.25, 0.3) is 0 Å². The fourth-order valence-electron chi connectivity index (χ4n) is 1.82. The second kappa shape index (κ2) is 8.04. The molecule has 3 nitrogen and oxygen atoms in total. The topological polar surface area (TPSA) is 37.8 Å². The van der Waals surface area contributed by atoms with Crippen LogP contribution in [0.4, 0.5) is 5.82 Å². The lowest BCUT2D eigenvalue weighted by atomic mass is 10.1. The summed E-state index contributed by atoms with van der Waals surface area (Å²) in [7, 11) is 0. The minimum Gasteiger partial charge on any atom is -0.369 e. The molecule has 0 bridgehead atoms. The van der Waals surface area contributed by atoms with E-state index in [9.17, 15) is 0 Å². The lowest BCUT2D eigenvalue weighted by Crippen LogP contribution is -2.06. The minimum atomic E-state index is 0.943. The lowest BCUT2D eigenvalue weighted by molar-refractivity contribution is 0.616. The van der Waals surface area contributed by atoms with Gasteiger partial charge in [-0.25, -0.2) is 4.98 Å². The molecule has 1 N–H and O–H groups in total. The monoisotopic (exact) mass is 235 g/mol. The number of rotatable bonds is 8. The van der Waals surface area contributed by atoms with E-state index in [2.05, 4.69) is 22.2 Å². The van der Waals surface area contributed by atoms with Crippen LogP contribution in [0.15, 0.2) is 6.20 Å². The van der Waals surface area contributed by atoms with Crippen molar-refractivity contribution in [3.63, 3.8) is 0 Å². The second-order valence-electron chi connectivity index (χ2n) is 4.64. The average Bonchev–Trinajstić information content (AvgIpc) is 2.32. The van der Waals surface area contributed by atoms with Gasteiger partial charge >= 0.3 is 0 Å². The summed E-state index contributed by atoms with van der Waals surface area (Å²) in [5.41, 5.74) is 1.96. The van der Waals surface area contributed by atoms with Gasteiger partial charge in [-0.2, -0.15) is 0 Å². The molecule has 96 valence electrons. The van der Waals surface area contributed by atoms with E-state index >= 15 is 0 Å². The summed E-state index contributed by atoms with van der Waals surface area (Å²) in [6.45, 7) is 7.23. The third-order valence-corrected chi connectivity index (χ3v) is 2.90. The quantitative estimate of drug-likeness (QED) is 0.695. The number of aryl methyl sites for hydroxylation is 2. The van der Waals surface area contributed by atoms with Crippen molar-refractivity contribution in [2.45, 2.75) is 59.3 Å². The summed E-state index contributed by atoms with van der Waals surface area (Å²) in [6, 6.07) is 0. The molecule has 0 aliphatic heterocycles. The van der Waals surface area contributed by atoms with Gasteiger partial charge in [0.25, 0.3) is 0 Å². The van der Waals surface area contributed by atoms with Gasteiger partial charge in [-0.3, -0.25) is 4.98 Å². The van der Waals surface area contributed by atoms with Crippen molar-refractivity contribution in [1.82, 2.24) is 9.97 Å². The van der Waals surface area contributed by atoms with E-state index in [0.29, 0.717) is 0 Å². The molecule has 3 heteroatoms. The normalized spacial score (nSPS) is 10.5. The Kier molecular flexibility index (Phi) is 6.60. The fraction of sp³-hybridized carbons (Fsp3) is 0.714. The van der Waals surface area contributed by atoms with Gasteiger partial charge in [-0.1, -0.05) is 39.0 Å². The first-order valence-corrected chi connectivity index (χ1v) is 6.78. The Labute approximate surface area is 105 Å². The molecule has 1 rings (SSSR count). The molecule has 0 aliphatic carbocycles. The Bertz CT molecular complexity index is 323. The number of hydrogen-bond donors (Lipinski definition) is 1. The van der Waals surface area contributed by atoms with Crippen molar-refractivity contribution in [2.75, 3.05) is 11.9 Å². The van der Waals surface area contributed by atoms with Crippen molar-refractivity contribution < 1.29 is 0 Å². The van der Waals surface area contributed by atoms with Gasteiger partial charge in [0, 0.05) is 12.7 Å². The SMILES string of the molecule is CCCCCCCCNc1nc(C)cnc1C. The van der Waals surface area contributed by atoms with E-state index in [1.807, 2.05) is 20.0 Å². The van der Waals surface area contributed by atoms with Crippen LogP contribution in [-0.2, 0) is 0 Å². The van der Waals surface area contributed by atoms with Crippen LogP contribution in [0.1, 0.15) is 56.8 Å². The first-order valence-electron chi connectivity index (χ1n) is 6.78. The van der Waals surface area contributed by atoms with E-state index in [0.717, 1.165) is 23.8 Å². The smallest absolute Gasteiger partial charge is 0.147 e. The number of nitrogens with zero attached hydrogens (tertiary/aromatic N) is 2. The molecule has 0 amide bonds. The lowest BCUT2D eigenvalue weighted by Gasteiger charge is -2.08. The molecule has 0 saturated heterocycles. The Morgan fingerprint density at radius 3 is 2.53 bits per heavy atom. The Morgan fingerprint density at radius 2 is 1.76 bits per heavy atom. The number of aromatic nitrogens is 2. The Morgan fingerprint density at radius 1 is 1.06 bits per heavy atom. The van der Waals surface area contributed by atoms with E-state index in [-0.39, 0.29) is 0 Å². The number of unbranched alkanes of at least 4 members (excludes halogenated alkanes) is 5. The molecule has 0 radical (unpaired) electrons. The number of anilines is 1. The standard InChI is InChI=1S/C14H25N3/c1-4-5-6-7-8-9-10-15-14-13(3)16-11-12(2)17-14/h11H,4-10H2,1-3H3,(H,15,17). The molecule has 0 aromatic carbocycles. The molecule has 0 fully saturated rings. The van der Waals surface area contributed by atoms with Crippen LogP contribution >= 0.6 is 0 Å².